The molecule has 0 radical (unpaired) electrons. The Hall–Kier alpha value is -3.33. The number of anilines is 2. The second kappa shape index (κ2) is 7.37. The Morgan fingerprint density at radius 3 is 2.91 bits per heavy atom. The summed E-state index contributed by atoms with van der Waals surface area (Å²) >= 11 is 0. The fourth-order valence-electron chi connectivity index (χ4n) is 4.74. The molecule has 1 N–H and O–H groups in total. The standard InChI is InChI=1S/C23H25N7O2/c1-13-7-20-25-12-26-30(20)11-17(13)27-23-24-10-18-22(28-23)16(9-21(31)29(18)2)15-5-6-32-19(8-15)14-3-4-14/h7,9-12,14-15,19H,3-6,8H2,1-2H3,(H,24,27,28). The first-order chi connectivity index (χ1) is 15.6. The summed E-state index contributed by atoms with van der Waals surface area (Å²) in [5.41, 5.74) is 5.21. The zero-order valence-electron chi connectivity index (χ0n) is 18.2. The predicted octanol–water partition coefficient (Wildman–Crippen LogP) is 3.10. The van der Waals surface area contributed by atoms with Crippen molar-refractivity contribution in [1.29, 1.82) is 0 Å². The number of nitrogens with one attached hydrogen (secondary N) is 1. The van der Waals surface area contributed by atoms with Crippen molar-refractivity contribution < 1.29 is 4.74 Å². The number of nitrogens with zero attached hydrogens (tertiary/aromatic N) is 6. The van der Waals surface area contributed by atoms with Gasteiger partial charge in [-0.2, -0.15) is 5.10 Å². The summed E-state index contributed by atoms with van der Waals surface area (Å²) in [6.07, 6.45) is 9.79. The Kier molecular flexibility index (Phi) is 4.46. The van der Waals surface area contributed by atoms with Crippen molar-refractivity contribution in [2.24, 2.45) is 13.0 Å². The molecule has 5 heterocycles. The lowest BCUT2D eigenvalue weighted by Gasteiger charge is -2.30. The van der Waals surface area contributed by atoms with E-state index < -0.39 is 0 Å². The van der Waals surface area contributed by atoms with Gasteiger partial charge < -0.3 is 14.6 Å². The fraction of sp³-hybridized carbons (Fsp3) is 0.435. The van der Waals surface area contributed by atoms with Gasteiger partial charge in [-0.3, -0.25) is 4.79 Å². The van der Waals surface area contributed by atoms with Gasteiger partial charge in [-0.15, -0.1) is 0 Å². The van der Waals surface area contributed by atoms with Gasteiger partial charge in [0.05, 0.1) is 35.2 Å². The molecule has 2 unspecified atom stereocenters. The van der Waals surface area contributed by atoms with Crippen LogP contribution in [0, 0.1) is 12.8 Å². The maximum absolute atomic E-state index is 12.7. The number of aromatic nitrogens is 6. The molecule has 0 amide bonds. The highest BCUT2D eigenvalue weighted by Crippen LogP contribution is 2.42. The Labute approximate surface area is 184 Å². The lowest BCUT2D eigenvalue weighted by Crippen LogP contribution is -2.28. The molecule has 2 atom stereocenters. The van der Waals surface area contributed by atoms with E-state index in [0.29, 0.717) is 18.0 Å². The third-order valence-electron chi connectivity index (χ3n) is 6.79. The van der Waals surface area contributed by atoms with Gasteiger partial charge >= 0.3 is 0 Å². The molecular weight excluding hydrogens is 406 g/mol. The zero-order valence-corrected chi connectivity index (χ0v) is 18.2. The van der Waals surface area contributed by atoms with Crippen LogP contribution in [-0.4, -0.2) is 41.8 Å². The average Bonchev–Trinajstić information content (AvgIpc) is 3.56. The number of hydrogen-bond donors (Lipinski definition) is 1. The average molecular weight is 432 g/mol. The van der Waals surface area contributed by atoms with Gasteiger partial charge in [0.2, 0.25) is 5.95 Å². The van der Waals surface area contributed by atoms with E-state index in [1.54, 1.807) is 28.4 Å². The van der Waals surface area contributed by atoms with Crippen LogP contribution in [0.5, 0.6) is 0 Å². The maximum atomic E-state index is 12.7. The first-order valence-corrected chi connectivity index (χ1v) is 11.1. The van der Waals surface area contributed by atoms with Crippen LogP contribution >= 0.6 is 0 Å². The molecule has 2 fully saturated rings. The van der Waals surface area contributed by atoms with Gasteiger partial charge in [0.25, 0.3) is 5.56 Å². The van der Waals surface area contributed by atoms with E-state index in [9.17, 15) is 4.79 Å². The van der Waals surface area contributed by atoms with E-state index in [0.717, 1.165) is 52.9 Å². The van der Waals surface area contributed by atoms with E-state index in [-0.39, 0.29) is 11.5 Å². The first kappa shape index (κ1) is 19.4. The molecule has 9 heteroatoms. The van der Waals surface area contributed by atoms with Crippen LogP contribution in [0.2, 0.25) is 0 Å². The topological polar surface area (TPSA) is 99.2 Å². The van der Waals surface area contributed by atoms with E-state index in [1.807, 2.05) is 19.2 Å². The summed E-state index contributed by atoms with van der Waals surface area (Å²) < 4.78 is 9.35. The van der Waals surface area contributed by atoms with Gasteiger partial charge in [0.15, 0.2) is 5.65 Å². The third kappa shape index (κ3) is 3.33. The molecule has 9 nitrogen and oxygen atoms in total. The van der Waals surface area contributed by atoms with Gasteiger partial charge in [0.1, 0.15) is 6.33 Å². The quantitative estimate of drug-likeness (QED) is 0.530. The number of aryl methyl sites for hydroxylation is 2. The SMILES string of the molecule is Cc1cc2ncnn2cc1Nc1ncc2c(n1)c(C1CCOC(C3CC3)C1)cc(=O)n2C. The number of hydrogen-bond acceptors (Lipinski definition) is 7. The van der Waals surface area contributed by atoms with Crippen LogP contribution in [0.4, 0.5) is 11.6 Å². The van der Waals surface area contributed by atoms with Gasteiger partial charge in [-0.25, -0.2) is 19.5 Å². The minimum atomic E-state index is -0.0289. The summed E-state index contributed by atoms with van der Waals surface area (Å²) in [7, 11) is 1.77. The molecular formula is C23H25N7O2. The summed E-state index contributed by atoms with van der Waals surface area (Å²) in [5, 5.41) is 7.53. The summed E-state index contributed by atoms with van der Waals surface area (Å²) in [5.74, 6) is 1.43. The normalized spacial score (nSPS) is 21.3. The Morgan fingerprint density at radius 1 is 1.19 bits per heavy atom. The Bertz CT molecular complexity index is 1390. The van der Waals surface area contributed by atoms with E-state index in [4.69, 9.17) is 9.72 Å². The van der Waals surface area contributed by atoms with Crippen molar-refractivity contribution in [3.63, 3.8) is 0 Å². The van der Waals surface area contributed by atoms with E-state index in [2.05, 4.69) is 20.4 Å². The van der Waals surface area contributed by atoms with Crippen LogP contribution in [0.3, 0.4) is 0 Å². The first-order valence-electron chi connectivity index (χ1n) is 11.1. The summed E-state index contributed by atoms with van der Waals surface area (Å²) in [4.78, 5) is 26.3. The summed E-state index contributed by atoms with van der Waals surface area (Å²) in [6, 6.07) is 3.72. The van der Waals surface area contributed by atoms with Crippen molar-refractivity contribution in [3.05, 3.63) is 52.3 Å². The monoisotopic (exact) mass is 431 g/mol. The lowest BCUT2D eigenvalue weighted by molar-refractivity contribution is -0.00631. The zero-order chi connectivity index (χ0) is 21.8. The number of pyridine rings is 2. The predicted molar refractivity (Wildman–Crippen MR) is 120 cm³/mol. The molecule has 2 aliphatic rings. The molecule has 32 heavy (non-hydrogen) atoms. The largest absolute Gasteiger partial charge is 0.378 e. The second-order valence-corrected chi connectivity index (χ2v) is 8.95. The second-order valence-electron chi connectivity index (χ2n) is 8.95. The van der Waals surface area contributed by atoms with Gasteiger partial charge in [-0.05, 0) is 61.6 Å². The van der Waals surface area contributed by atoms with Crippen molar-refractivity contribution in [2.75, 3.05) is 11.9 Å². The molecule has 1 saturated heterocycles. The highest BCUT2D eigenvalue weighted by molar-refractivity contribution is 5.80. The highest BCUT2D eigenvalue weighted by Gasteiger charge is 2.37. The molecule has 1 aliphatic carbocycles. The molecule has 4 aromatic rings. The van der Waals surface area contributed by atoms with Crippen molar-refractivity contribution in [1.82, 2.24) is 29.1 Å². The van der Waals surface area contributed by atoms with Gasteiger partial charge in [-0.1, -0.05) is 0 Å². The fourth-order valence-corrected chi connectivity index (χ4v) is 4.74. The van der Waals surface area contributed by atoms with Crippen LogP contribution in [0.15, 0.2) is 35.6 Å². The molecule has 0 spiro atoms. The minimum Gasteiger partial charge on any atom is -0.378 e. The van der Waals surface area contributed by atoms with Crippen molar-refractivity contribution in [2.45, 2.75) is 44.6 Å². The molecule has 1 aliphatic heterocycles. The number of ether oxygens (including phenoxy) is 1. The molecule has 0 bridgehead atoms. The van der Waals surface area contributed by atoms with E-state index in [1.165, 1.54) is 19.2 Å². The highest BCUT2D eigenvalue weighted by atomic mass is 16.5. The maximum Gasteiger partial charge on any atom is 0.251 e. The Balaban J connectivity index is 1.41. The van der Waals surface area contributed by atoms with Crippen LogP contribution in [0.1, 0.15) is 42.7 Å². The number of rotatable bonds is 4. The van der Waals surface area contributed by atoms with Crippen LogP contribution in [0.25, 0.3) is 16.7 Å². The molecule has 1 saturated carbocycles. The molecule has 0 aromatic carbocycles. The number of fused-ring (bicyclic) bond motifs is 2. The lowest BCUT2D eigenvalue weighted by atomic mass is 9.87. The molecule has 4 aromatic heterocycles. The third-order valence-corrected chi connectivity index (χ3v) is 6.79. The van der Waals surface area contributed by atoms with Gasteiger partial charge in [0, 0.05) is 19.7 Å². The Morgan fingerprint density at radius 2 is 2.06 bits per heavy atom. The van der Waals surface area contributed by atoms with Crippen LogP contribution < -0.4 is 10.9 Å². The minimum absolute atomic E-state index is 0.0289. The molecule has 164 valence electrons. The molecule has 6 rings (SSSR count). The van der Waals surface area contributed by atoms with Crippen molar-refractivity contribution in [3.8, 4) is 0 Å². The summed E-state index contributed by atoms with van der Waals surface area (Å²) in [6.45, 7) is 2.74. The van der Waals surface area contributed by atoms with Crippen molar-refractivity contribution >= 4 is 28.3 Å². The van der Waals surface area contributed by atoms with E-state index >= 15 is 0 Å². The smallest absolute Gasteiger partial charge is 0.251 e. The van der Waals surface area contributed by atoms with Crippen LogP contribution in [-0.2, 0) is 11.8 Å².